The SMILES string of the molecule is CCCCCCCCCCCCCCCC(=O)Nc1cccc2cccnc12. The van der Waals surface area contributed by atoms with Crippen LogP contribution in [0.15, 0.2) is 36.5 Å². The molecule has 1 amide bonds. The van der Waals surface area contributed by atoms with Gasteiger partial charge in [-0.2, -0.15) is 0 Å². The lowest BCUT2D eigenvalue weighted by molar-refractivity contribution is -0.116. The van der Waals surface area contributed by atoms with Crippen molar-refractivity contribution in [2.24, 2.45) is 0 Å². The van der Waals surface area contributed by atoms with Crippen molar-refractivity contribution in [2.45, 2.75) is 96.8 Å². The minimum Gasteiger partial charge on any atom is -0.324 e. The molecule has 0 aliphatic rings. The Bertz CT molecular complexity index is 678. The Balaban J connectivity index is 1.47. The highest BCUT2D eigenvalue weighted by Crippen LogP contribution is 2.21. The third-order valence-electron chi connectivity index (χ3n) is 5.41. The van der Waals surface area contributed by atoms with Gasteiger partial charge in [0.2, 0.25) is 5.91 Å². The largest absolute Gasteiger partial charge is 0.324 e. The molecule has 1 heterocycles. The number of hydrogen-bond acceptors (Lipinski definition) is 2. The summed E-state index contributed by atoms with van der Waals surface area (Å²) in [5.41, 5.74) is 1.68. The summed E-state index contributed by atoms with van der Waals surface area (Å²) in [4.78, 5) is 16.6. The third kappa shape index (κ3) is 8.86. The Labute approximate surface area is 171 Å². The lowest BCUT2D eigenvalue weighted by Crippen LogP contribution is -2.11. The van der Waals surface area contributed by atoms with Crippen LogP contribution in [0.5, 0.6) is 0 Å². The van der Waals surface area contributed by atoms with Crippen LogP contribution in [0.4, 0.5) is 5.69 Å². The van der Waals surface area contributed by atoms with Crippen LogP contribution < -0.4 is 5.32 Å². The summed E-state index contributed by atoms with van der Waals surface area (Å²) < 4.78 is 0. The fourth-order valence-corrected chi connectivity index (χ4v) is 3.72. The summed E-state index contributed by atoms with van der Waals surface area (Å²) in [5.74, 6) is 0.0984. The molecule has 154 valence electrons. The van der Waals surface area contributed by atoms with E-state index in [0.717, 1.165) is 29.4 Å². The summed E-state index contributed by atoms with van der Waals surface area (Å²) in [5, 5.41) is 4.08. The van der Waals surface area contributed by atoms with Gasteiger partial charge in [0.1, 0.15) is 0 Å². The highest BCUT2D eigenvalue weighted by Gasteiger charge is 2.06. The topological polar surface area (TPSA) is 42.0 Å². The number of benzene rings is 1. The van der Waals surface area contributed by atoms with Crippen molar-refractivity contribution in [1.82, 2.24) is 4.98 Å². The second-order valence-electron chi connectivity index (χ2n) is 7.92. The Kier molecular flexibility index (Phi) is 11.3. The molecule has 0 spiro atoms. The van der Waals surface area contributed by atoms with Crippen LogP contribution in [0.3, 0.4) is 0 Å². The van der Waals surface area contributed by atoms with Gasteiger partial charge in [-0.1, -0.05) is 102 Å². The lowest BCUT2D eigenvalue weighted by atomic mass is 10.0. The van der Waals surface area contributed by atoms with Crippen molar-refractivity contribution in [3.63, 3.8) is 0 Å². The van der Waals surface area contributed by atoms with Crippen molar-refractivity contribution in [3.05, 3.63) is 36.5 Å². The molecule has 0 saturated heterocycles. The summed E-state index contributed by atoms with van der Waals surface area (Å²) >= 11 is 0. The predicted octanol–water partition coefficient (Wildman–Crippen LogP) is 7.65. The maximum absolute atomic E-state index is 12.2. The van der Waals surface area contributed by atoms with E-state index in [1.54, 1.807) is 6.20 Å². The molecule has 0 aliphatic heterocycles. The first-order valence-corrected chi connectivity index (χ1v) is 11.4. The van der Waals surface area contributed by atoms with E-state index < -0.39 is 0 Å². The fourth-order valence-electron chi connectivity index (χ4n) is 3.72. The second-order valence-corrected chi connectivity index (χ2v) is 7.92. The average Bonchev–Trinajstić information content (AvgIpc) is 2.72. The molecule has 0 fully saturated rings. The van der Waals surface area contributed by atoms with E-state index in [0.29, 0.717) is 6.42 Å². The molecule has 0 aliphatic carbocycles. The zero-order chi connectivity index (χ0) is 19.9. The van der Waals surface area contributed by atoms with Crippen LogP contribution in [0.25, 0.3) is 10.9 Å². The monoisotopic (exact) mass is 382 g/mol. The van der Waals surface area contributed by atoms with E-state index in [9.17, 15) is 4.79 Å². The standard InChI is InChI=1S/C25H38N2O/c1-2-3-4-5-6-7-8-9-10-11-12-13-14-20-24(28)27-23-19-15-17-22-18-16-21-26-25(22)23/h15-19,21H,2-14,20H2,1H3,(H,27,28). The quantitative estimate of drug-likeness (QED) is 0.321. The Hall–Kier alpha value is -1.90. The Morgan fingerprint density at radius 3 is 2.00 bits per heavy atom. The molecule has 3 heteroatoms. The van der Waals surface area contributed by atoms with Gasteiger partial charge in [-0.15, -0.1) is 0 Å². The van der Waals surface area contributed by atoms with E-state index in [4.69, 9.17) is 0 Å². The average molecular weight is 383 g/mol. The number of carbonyl (C=O) groups excluding carboxylic acids is 1. The number of unbranched alkanes of at least 4 members (excludes halogenated alkanes) is 12. The maximum Gasteiger partial charge on any atom is 0.224 e. The fraction of sp³-hybridized carbons (Fsp3) is 0.600. The highest BCUT2D eigenvalue weighted by molar-refractivity contribution is 6.00. The van der Waals surface area contributed by atoms with Gasteiger partial charge in [-0.05, 0) is 18.6 Å². The lowest BCUT2D eigenvalue weighted by Gasteiger charge is -2.08. The van der Waals surface area contributed by atoms with E-state index in [2.05, 4.69) is 17.2 Å². The van der Waals surface area contributed by atoms with Gasteiger partial charge in [-0.25, -0.2) is 0 Å². The number of fused-ring (bicyclic) bond motifs is 1. The third-order valence-corrected chi connectivity index (χ3v) is 5.41. The number of pyridine rings is 1. The number of nitrogens with zero attached hydrogens (tertiary/aromatic N) is 1. The predicted molar refractivity (Wildman–Crippen MR) is 121 cm³/mol. The molecule has 0 atom stereocenters. The van der Waals surface area contributed by atoms with Crippen LogP contribution in [-0.2, 0) is 4.79 Å². The molecule has 1 aromatic carbocycles. The van der Waals surface area contributed by atoms with Gasteiger partial charge in [0.05, 0.1) is 11.2 Å². The van der Waals surface area contributed by atoms with Gasteiger partial charge < -0.3 is 5.32 Å². The summed E-state index contributed by atoms with van der Waals surface area (Å²) in [7, 11) is 0. The molecular weight excluding hydrogens is 344 g/mol. The van der Waals surface area contributed by atoms with Crippen molar-refractivity contribution in [1.29, 1.82) is 0 Å². The highest BCUT2D eigenvalue weighted by atomic mass is 16.1. The first-order chi connectivity index (χ1) is 13.8. The molecular formula is C25H38N2O. The van der Waals surface area contributed by atoms with Crippen LogP contribution in [0, 0.1) is 0 Å². The van der Waals surface area contributed by atoms with Gasteiger partial charge in [0.25, 0.3) is 0 Å². The molecule has 3 nitrogen and oxygen atoms in total. The number of carbonyl (C=O) groups is 1. The van der Waals surface area contributed by atoms with E-state index in [-0.39, 0.29) is 5.91 Å². The van der Waals surface area contributed by atoms with Gasteiger partial charge >= 0.3 is 0 Å². The molecule has 1 aromatic heterocycles. The molecule has 2 aromatic rings. The Morgan fingerprint density at radius 2 is 1.36 bits per heavy atom. The summed E-state index contributed by atoms with van der Waals surface area (Å²) in [6.07, 6.45) is 19.6. The number of nitrogens with one attached hydrogen (secondary N) is 1. The van der Waals surface area contributed by atoms with Crippen molar-refractivity contribution in [2.75, 3.05) is 5.32 Å². The molecule has 0 bridgehead atoms. The summed E-state index contributed by atoms with van der Waals surface area (Å²) in [6, 6.07) is 9.85. The van der Waals surface area contributed by atoms with Crippen LogP contribution >= 0.6 is 0 Å². The number of amides is 1. The van der Waals surface area contributed by atoms with Gasteiger partial charge in [0, 0.05) is 18.0 Å². The zero-order valence-corrected chi connectivity index (χ0v) is 17.7. The number of anilines is 1. The maximum atomic E-state index is 12.2. The van der Waals surface area contributed by atoms with E-state index in [1.165, 1.54) is 70.6 Å². The van der Waals surface area contributed by atoms with Crippen LogP contribution in [0.2, 0.25) is 0 Å². The molecule has 0 radical (unpaired) electrons. The second kappa shape index (κ2) is 14.1. The van der Waals surface area contributed by atoms with Crippen molar-refractivity contribution in [3.8, 4) is 0 Å². The van der Waals surface area contributed by atoms with E-state index >= 15 is 0 Å². The zero-order valence-electron chi connectivity index (χ0n) is 17.7. The molecule has 0 unspecified atom stereocenters. The molecule has 28 heavy (non-hydrogen) atoms. The molecule has 0 saturated carbocycles. The smallest absolute Gasteiger partial charge is 0.224 e. The molecule has 2 rings (SSSR count). The summed E-state index contributed by atoms with van der Waals surface area (Å²) in [6.45, 7) is 2.27. The first kappa shape index (κ1) is 22.4. The number of para-hydroxylation sites is 1. The van der Waals surface area contributed by atoms with Crippen LogP contribution in [0.1, 0.15) is 96.8 Å². The van der Waals surface area contributed by atoms with Crippen LogP contribution in [-0.4, -0.2) is 10.9 Å². The number of aromatic nitrogens is 1. The van der Waals surface area contributed by atoms with Crippen molar-refractivity contribution < 1.29 is 4.79 Å². The Morgan fingerprint density at radius 1 is 0.786 bits per heavy atom. The normalized spacial score (nSPS) is 11.0. The first-order valence-electron chi connectivity index (χ1n) is 11.4. The minimum atomic E-state index is 0.0984. The van der Waals surface area contributed by atoms with E-state index in [1.807, 2.05) is 30.3 Å². The number of rotatable bonds is 15. The number of hydrogen-bond donors (Lipinski definition) is 1. The molecule has 1 N–H and O–H groups in total. The van der Waals surface area contributed by atoms with Gasteiger partial charge in [0.15, 0.2) is 0 Å². The van der Waals surface area contributed by atoms with Gasteiger partial charge in [-0.3, -0.25) is 9.78 Å². The van der Waals surface area contributed by atoms with Crippen molar-refractivity contribution >= 4 is 22.5 Å². The minimum absolute atomic E-state index is 0.0984.